The zero-order valence-corrected chi connectivity index (χ0v) is 9.79. The van der Waals surface area contributed by atoms with Gasteiger partial charge in [0.2, 0.25) is 0 Å². The minimum absolute atomic E-state index is 0.390. The van der Waals surface area contributed by atoms with Crippen molar-refractivity contribution in [2.75, 3.05) is 0 Å². The minimum atomic E-state index is 0.390. The second kappa shape index (κ2) is 4.35. The van der Waals surface area contributed by atoms with E-state index in [0.717, 1.165) is 19.5 Å². The first-order chi connectivity index (χ1) is 7.23. The van der Waals surface area contributed by atoms with Crippen LogP contribution in [0.2, 0.25) is 0 Å². The molecule has 2 rings (SSSR count). The lowest BCUT2D eigenvalue weighted by Gasteiger charge is -2.39. The lowest BCUT2D eigenvalue weighted by molar-refractivity contribution is 0.204. The van der Waals surface area contributed by atoms with Gasteiger partial charge in [0, 0.05) is 24.8 Å². The van der Waals surface area contributed by atoms with Gasteiger partial charge in [0.05, 0.1) is 5.69 Å². The van der Waals surface area contributed by atoms with Crippen LogP contribution >= 0.6 is 0 Å². The van der Waals surface area contributed by atoms with E-state index in [1.807, 2.05) is 6.20 Å². The van der Waals surface area contributed by atoms with Crippen LogP contribution in [0.3, 0.4) is 0 Å². The molecule has 0 atom stereocenters. The fraction of sp³-hybridized carbons (Fsp3) is 0.750. The van der Waals surface area contributed by atoms with Gasteiger partial charge >= 0.3 is 0 Å². The second-order valence-corrected chi connectivity index (χ2v) is 4.81. The van der Waals surface area contributed by atoms with Gasteiger partial charge in [-0.15, -0.1) is 0 Å². The summed E-state index contributed by atoms with van der Waals surface area (Å²) in [5, 5.41) is 7.96. The Labute approximate surface area is 91.9 Å². The highest BCUT2D eigenvalue weighted by Gasteiger charge is 2.30. The standard InChI is InChI=1S/C12H21N3/c1-3-9-15-11(5-8-14-15)10-13-12(2)6-4-7-12/h5,8,13H,3-4,6-7,9-10H2,1-2H3. The Hall–Kier alpha value is -0.830. The van der Waals surface area contributed by atoms with Crippen molar-refractivity contribution in [2.45, 2.75) is 58.2 Å². The molecule has 1 aromatic heterocycles. The summed E-state index contributed by atoms with van der Waals surface area (Å²) >= 11 is 0. The molecule has 1 saturated carbocycles. The average Bonchev–Trinajstić information content (AvgIpc) is 2.60. The molecule has 1 heterocycles. The largest absolute Gasteiger partial charge is 0.306 e. The van der Waals surface area contributed by atoms with Gasteiger partial charge in [-0.05, 0) is 38.7 Å². The molecule has 1 aliphatic rings. The molecule has 0 saturated heterocycles. The summed E-state index contributed by atoms with van der Waals surface area (Å²) in [7, 11) is 0. The molecule has 0 amide bonds. The first kappa shape index (κ1) is 10.7. The van der Waals surface area contributed by atoms with E-state index in [1.54, 1.807) is 0 Å². The number of nitrogens with one attached hydrogen (secondary N) is 1. The topological polar surface area (TPSA) is 29.9 Å². The lowest BCUT2D eigenvalue weighted by Crippen LogP contribution is -2.47. The number of aryl methyl sites for hydroxylation is 1. The van der Waals surface area contributed by atoms with Crippen molar-refractivity contribution in [2.24, 2.45) is 0 Å². The summed E-state index contributed by atoms with van der Waals surface area (Å²) in [4.78, 5) is 0. The first-order valence-electron chi connectivity index (χ1n) is 5.99. The molecule has 0 spiro atoms. The molecule has 15 heavy (non-hydrogen) atoms. The van der Waals surface area contributed by atoms with Crippen LogP contribution in [0.15, 0.2) is 12.3 Å². The first-order valence-corrected chi connectivity index (χ1v) is 5.99. The van der Waals surface area contributed by atoms with E-state index < -0.39 is 0 Å². The maximum Gasteiger partial charge on any atom is 0.0522 e. The van der Waals surface area contributed by atoms with Gasteiger partial charge < -0.3 is 5.32 Å². The summed E-state index contributed by atoms with van der Waals surface area (Å²) < 4.78 is 2.11. The Morgan fingerprint density at radius 1 is 1.53 bits per heavy atom. The Bertz CT molecular complexity index is 312. The van der Waals surface area contributed by atoms with Crippen molar-refractivity contribution in [3.05, 3.63) is 18.0 Å². The SMILES string of the molecule is CCCn1nccc1CNC1(C)CCC1. The number of hydrogen-bond acceptors (Lipinski definition) is 2. The van der Waals surface area contributed by atoms with Crippen LogP contribution in [0.4, 0.5) is 0 Å². The molecule has 0 unspecified atom stereocenters. The molecule has 0 radical (unpaired) electrons. The molecule has 1 aliphatic carbocycles. The van der Waals surface area contributed by atoms with Crippen molar-refractivity contribution in [3.63, 3.8) is 0 Å². The number of rotatable bonds is 5. The fourth-order valence-electron chi connectivity index (χ4n) is 2.11. The summed E-state index contributed by atoms with van der Waals surface area (Å²) in [6, 6.07) is 2.12. The van der Waals surface area contributed by atoms with Crippen LogP contribution in [0, 0.1) is 0 Å². The smallest absolute Gasteiger partial charge is 0.0522 e. The molecule has 3 nitrogen and oxygen atoms in total. The number of aromatic nitrogens is 2. The van der Waals surface area contributed by atoms with Gasteiger partial charge in [-0.25, -0.2) is 0 Å². The molecule has 0 aliphatic heterocycles. The lowest BCUT2D eigenvalue weighted by atomic mass is 9.78. The van der Waals surface area contributed by atoms with Crippen LogP contribution in [-0.4, -0.2) is 15.3 Å². The summed E-state index contributed by atoms with van der Waals surface area (Å²) in [5.41, 5.74) is 1.70. The monoisotopic (exact) mass is 207 g/mol. The van der Waals surface area contributed by atoms with Gasteiger partial charge in [0.25, 0.3) is 0 Å². The van der Waals surface area contributed by atoms with Gasteiger partial charge in [-0.2, -0.15) is 5.10 Å². The van der Waals surface area contributed by atoms with Crippen LogP contribution in [0.5, 0.6) is 0 Å². The summed E-state index contributed by atoms with van der Waals surface area (Å²) in [6.07, 6.45) is 7.04. The van der Waals surface area contributed by atoms with Crippen LogP contribution < -0.4 is 5.32 Å². The predicted molar refractivity (Wildman–Crippen MR) is 61.6 cm³/mol. The Balaban J connectivity index is 1.89. The third-order valence-electron chi connectivity index (χ3n) is 3.39. The van der Waals surface area contributed by atoms with Crippen LogP contribution in [-0.2, 0) is 13.1 Å². The van der Waals surface area contributed by atoms with Gasteiger partial charge in [-0.3, -0.25) is 4.68 Å². The van der Waals surface area contributed by atoms with E-state index in [-0.39, 0.29) is 0 Å². The van der Waals surface area contributed by atoms with Crippen molar-refractivity contribution in [1.82, 2.24) is 15.1 Å². The molecular weight excluding hydrogens is 186 g/mol. The van der Waals surface area contributed by atoms with Crippen LogP contribution in [0.25, 0.3) is 0 Å². The van der Waals surface area contributed by atoms with E-state index in [1.165, 1.54) is 25.0 Å². The van der Waals surface area contributed by atoms with Gasteiger partial charge in [0.1, 0.15) is 0 Å². The van der Waals surface area contributed by atoms with Crippen molar-refractivity contribution in [1.29, 1.82) is 0 Å². The maximum atomic E-state index is 4.33. The summed E-state index contributed by atoms with van der Waals surface area (Å²) in [5.74, 6) is 0. The Morgan fingerprint density at radius 3 is 2.93 bits per heavy atom. The second-order valence-electron chi connectivity index (χ2n) is 4.81. The van der Waals surface area contributed by atoms with Gasteiger partial charge in [0.15, 0.2) is 0 Å². The zero-order valence-electron chi connectivity index (χ0n) is 9.79. The molecule has 3 heteroatoms. The van der Waals surface area contributed by atoms with E-state index in [4.69, 9.17) is 0 Å². The minimum Gasteiger partial charge on any atom is -0.306 e. The quantitative estimate of drug-likeness (QED) is 0.803. The number of hydrogen-bond donors (Lipinski definition) is 1. The number of nitrogens with zero attached hydrogens (tertiary/aromatic N) is 2. The Kier molecular flexibility index (Phi) is 3.10. The molecular formula is C12H21N3. The van der Waals surface area contributed by atoms with E-state index in [9.17, 15) is 0 Å². The van der Waals surface area contributed by atoms with Gasteiger partial charge in [-0.1, -0.05) is 6.92 Å². The average molecular weight is 207 g/mol. The van der Waals surface area contributed by atoms with Crippen molar-refractivity contribution >= 4 is 0 Å². The highest BCUT2D eigenvalue weighted by Crippen LogP contribution is 2.31. The summed E-state index contributed by atoms with van der Waals surface area (Å²) in [6.45, 7) is 6.49. The molecule has 0 bridgehead atoms. The molecule has 84 valence electrons. The molecule has 1 N–H and O–H groups in total. The highest BCUT2D eigenvalue weighted by atomic mass is 15.3. The van der Waals surface area contributed by atoms with Crippen molar-refractivity contribution in [3.8, 4) is 0 Å². The predicted octanol–water partition coefficient (Wildman–Crippen LogP) is 2.33. The maximum absolute atomic E-state index is 4.33. The molecule has 1 aromatic rings. The Morgan fingerprint density at radius 2 is 2.33 bits per heavy atom. The molecule has 1 fully saturated rings. The highest BCUT2D eigenvalue weighted by molar-refractivity contribution is 5.02. The third-order valence-corrected chi connectivity index (χ3v) is 3.39. The van der Waals surface area contributed by atoms with E-state index in [2.05, 4.69) is 35.0 Å². The fourth-order valence-corrected chi connectivity index (χ4v) is 2.11. The zero-order chi connectivity index (χ0) is 10.7. The van der Waals surface area contributed by atoms with E-state index >= 15 is 0 Å². The van der Waals surface area contributed by atoms with Crippen LogP contribution in [0.1, 0.15) is 45.2 Å². The van der Waals surface area contributed by atoms with Crippen molar-refractivity contribution < 1.29 is 0 Å². The third kappa shape index (κ3) is 2.40. The molecule has 0 aromatic carbocycles. The van der Waals surface area contributed by atoms with E-state index in [0.29, 0.717) is 5.54 Å². The normalized spacial score (nSPS) is 18.8.